The van der Waals surface area contributed by atoms with Crippen molar-refractivity contribution in [2.24, 2.45) is 18.7 Å². The molecule has 5 aromatic rings. The van der Waals surface area contributed by atoms with Crippen molar-refractivity contribution in [1.29, 1.82) is 5.26 Å². The number of nitrogens with zero attached hydrogens (tertiary/aromatic N) is 8. The van der Waals surface area contributed by atoms with Gasteiger partial charge in [0.15, 0.2) is 17.4 Å². The molecule has 2 aliphatic rings. The summed E-state index contributed by atoms with van der Waals surface area (Å²) in [5.41, 5.74) is 6.19. The number of halogens is 4. The molecule has 1 aliphatic carbocycles. The number of fused-ring (bicyclic) bond motifs is 2. The molecule has 0 spiro atoms. The number of nitrogens with two attached hydrogens (primary N) is 1. The van der Waals surface area contributed by atoms with Gasteiger partial charge in [0.25, 0.3) is 11.5 Å². The van der Waals surface area contributed by atoms with Crippen LogP contribution >= 0.6 is 12.1 Å². The number of primary amides is 1. The van der Waals surface area contributed by atoms with Gasteiger partial charge in [-0.05, 0) is 107 Å². The molecule has 6 N–H and O–H groups in total. The van der Waals surface area contributed by atoms with E-state index in [-0.39, 0.29) is 130 Å². The third kappa shape index (κ3) is 13.2. The van der Waals surface area contributed by atoms with E-state index < -0.39 is 29.4 Å². The normalized spacial score (nSPS) is 17.6. The minimum Gasteiger partial charge on any atom is -0.870 e. The molecule has 0 radical (unpaired) electrons. The van der Waals surface area contributed by atoms with Crippen LogP contribution in [0.1, 0.15) is 56.6 Å². The van der Waals surface area contributed by atoms with Crippen LogP contribution in [0.15, 0.2) is 59.7 Å². The average molecular weight is 952 g/mol. The number of hydrogen-bond acceptors (Lipinski definition) is 13. The minimum absolute atomic E-state index is 0. The summed E-state index contributed by atoms with van der Waals surface area (Å²) in [4.78, 5) is 32.4. The standard InChI is InChI=1S/C32H39F3N6O4S.C11H12FN4O.K.H2O/c1-39(13-14-42)46-38-29-10-8-27(33)30(26(29)17-36)45-24-7-9-28-25(16-24)31(44)41(20-37-28)23(18-43)15-21-3-5-22(6-4-21)40-12-2-11-32(34,35)19-40;1-3-16(11(13)17)10-8-6-7(12)4-5-9(8)15(2)14-10;;/h7-10,16,20-23,38,42-43H,2-6,11-15,18-19H2,1H3;4-6H,1,3H2,2H3,(H2,13,17);;1H2/q;-1;+1;/p-1. The maximum absolute atomic E-state index is 14.9. The zero-order chi connectivity index (χ0) is 45.4. The summed E-state index contributed by atoms with van der Waals surface area (Å²) in [6, 6.07) is 12.3. The second kappa shape index (κ2) is 24.2. The maximum atomic E-state index is 14.9. The summed E-state index contributed by atoms with van der Waals surface area (Å²) >= 11 is 1.13. The van der Waals surface area contributed by atoms with Crippen molar-refractivity contribution in [2.45, 2.75) is 63.0 Å². The first-order chi connectivity index (χ1) is 30.2. The van der Waals surface area contributed by atoms with E-state index in [1.165, 1.54) is 52.2 Å². The Hall–Kier alpha value is -3.86. The number of aryl methyl sites for hydroxylation is 1. The van der Waals surface area contributed by atoms with Crippen LogP contribution in [-0.4, -0.2) is 109 Å². The number of ether oxygens (including phenoxy) is 1. The molecule has 1 atom stereocenters. The monoisotopic (exact) mass is 951 g/mol. The number of likely N-dealkylation sites (N-methyl/N-ethyl adjacent to an activating group) is 1. The predicted molar refractivity (Wildman–Crippen MR) is 235 cm³/mol. The second-order valence-corrected chi connectivity index (χ2v) is 16.7. The smallest absolute Gasteiger partial charge is 0.870 e. The van der Waals surface area contributed by atoms with Gasteiger partial charge in [0.05, 0.1) is 54.2 Å². The SMILES string of the molecule is CN(CCO)SNc1ccc(F)c(Oc2ccc3ncn(C(CO)CC4CCC(N5CCCC(F)(F)C5)CC4)c(=O)c3c2)c1C#N.[CH2-]CN(C(N)=O)c1nn(C)c2ccc(F)cc12.[K+].[OH-]. The zero-order valence-electron chi connectivity index (χ0n) is 36.5. The van der Waals surface area contributed by atoms with Crippen molar-refractivity contribution in [3.63, 3.8) is 0 Å². The molecule has 3 heterocycles. The van der Waals surface area contributed by atoms with Crippen molar-refractivity contribution in [1.82, 2.24) is 28.5 Å². The summed E-state index contributed by atoms with van der Waals surface area (Å²) < 4.78 is 69.5. The van der Waals surface area contributed by atoms with Crippen molar-refractivity contribution in [2.75, 3.05) is 56.1 Å². The maximum Gasteiger partial charge on any atom is 1.00 e. The van der Waals surface area contributed by atoms with Crippen molar-refractivity contribution in [3.8, 4) is 17.6 Å². The van der Waals surface area contributed by atoms with Crippen LogP contribution in [0.4, 0.5) is 33.9 Å². The van der Waals surface area contributed by atoms with Gasteiger partial charge in [0, 0.05) is 43.6 Å². The number of piperidine rings is 1. The third-order valence-corrected chi connectivity index (χ3v) is 12.2. The fourth-order valence-electron chi connectivity index (χ4n) is 8.18. The number of rotatable bonds is 14. The molecule has 1 saturated carbocycles. The minimum atomic E-state index is -2.63. The number of anilines is 2. The number of benzene rings is 3. The number of alkyl halides is 2. The van der Waals surface area contributed by atoms with Crippen LogP contribution < -0.4 is 77.0 Å². The summed E-state index contributed by atoms with van der Waals surface area (Å²) in [5.74, 6) is -3.40. The van der Waals surface area contributed by atoms with E-state index in [2.05, 4.69) is 21.7 Å². The van der Waals surface area contributed by atoms with E-state index in [9.17, 15) is 37.5 Å². The average Bonchev–Trinajstić information content (AvgIpc) is 3.57. The molecule has 1 unspecified atom stereocenters. The van der Waals surface area contributed by atoms with Crippen LogP contribution in [0, 0.1) is 35.8 Å². The number of aliphatic hydroxyl groups is 2. The quantitative estimate of drug-likeness (QED) is 0.0542. The molecule has 1 aliphatic heterocycles. The number of carbonyl (C=O) groups excluding carboxylic acids is 1. The van der Waals surface area contributed by atoms with Crippen LogP contribution in [0.2, 0.25) is 0 Å². The molecule has 7 rings (SSSR count). The molecule has 1 saturated heterocycles. The first kappa shape index (κ1) is 53.7. The second-order valence-electron chi connectivity index (χ2n) is 15.7. The van der Waals surface area contributed by atoms with Crippen molar-refractivity contribution < 1.29 is 94.2 Å². The van der Waals surface area contributed by atoms with Crippen LogP contribution in [-0.2, 0) is 7.05 Å². The molecule has 2 fully saturated rings. The molecule has 2 aromatic heterocycles. The molecule has 3 aromatic carbocycles. The fourth-order valence-corrected chi connectivity index (χ4v) is 8.77. The topological polar surface area (TPSA) is 221 Å². The van der Waals surface area contributed by atoms with E-state index in [1.807, 2.05) is 11.0 Å². The Morgan fingerprint density at radius 1 is 1.14 bits per heavy atom. The third-order valence-electron chi connectivity index (χ3n) is 11.4. The molecule has 346 valence electrons. The number of likely N-dealkylation sites (tertiary alicyclic amines) is 1. The first-order valence-electron chi connectivity index (χ1n) is 20.5. The van der Waals surface area contributed by atoms with Crippen LogP contribution in [0.3, 0.4) is 0 Å². The number of amides is 2. The van der Waals surface area contributed by atoms with Gasteiger partial charge < -0.3 is 42.7 Å². The Morgan fingerprint density at radius 2 is 1.88 bits per heavy atom. The van der Waals surface area contributed by atoms with Gasteiger partial charge in [-0.1, -0.05) is 6.54 Å². The number of nitriles is 1. The summed E-state index contributed by atoms with van der Waals surface area (Å²) in [7, 11) is 3.46. The molecular formula is C43H52F4KN10O6S-. The van der Waals surface area contributed by atoms with Gasteiger partial charge >= 0.3 is 57.4 Å². The number of aromatic nitrogens is 4. The molecule has 22 heteroatoms. The van der Waals surface area contributed by atoms with E-state index in [1.54, 1.807) is 35.2 Å². The number of nitrogens with one attached hydrogen (secondary N) is 1. The molecule has 2 amide bonds. The Labute approximate surface area is 420 Å². The first-order valence-corrected chi connectivity index (χ1v) is 21.3. The Bertz CT molecular complexity index is 2500. The van der Waals surface area contributed by atoms with E-state index in [0.29, 0.717) is 48.3 Å². The summed E-state index contributed by atoms with van der Waals surface area (Å²) in [6.45, 7) is 4.29. The van der Waals surface area contributed by atoms with Crippen LogP contribution in [0.5, 0.6) is 11.5 Å². The number of carbonyl (C=O) groups is 1. The molecular weight excluding hydrogens is 900 g/mol. The van der Waals surface area contributed by atoms with E-state index >= 15 is 0 Å². The fraction of sp³-hybridized carbons (Fsp3) is 0.442. The molecule has 0 bridgehead atoms. The van der Waals surface area contributed by atoms with Crippen molar-refractivity contribution >= 4 is 51.5 Å². The summed E-state index contributed by atoms with van der Waals surface area (Å²) in [6.07, 6.45) is 5.69. The van der Waals surface area contributed by atoms with E-state index in [4.69, 9.17) is 15.6 Å². The van der Waals surface area contributed by atoms with Gasteiger partial charge in [-0.15, -0.1) is 0 Å². The van der Waals surface area contributed by atoms with Gasteiger partial charge in [0.2, 0.25) is 0 Å². The Balaban J connectivity index is 0.000000409. The van der Waals surface area contributed by atoms with Crippen LogP contribution in [0.25, 0.3) is 21.8 Å². The van der Waals surface area contributed by atoms with Gasteiger partial charge in [-0.2, -0.15) is 10.4 Å². The number of urea groups is 1. The number of aliphatic hydroxyl groups excluding tert-OH is 2. The van der Waals surface area contributed by atoms with Gasteiger partial charge in [0.1, 0.15) is 23.2 Å². The Kier molecular flexibility index (Phi) is 20.0. The van der Waals surface area contributed by atoms with Crippen molar-refractivity contribution in [3.05, 3.63) is 89.3 Å². The van der Waals surface area contributed by atoms with Gasteiger partial charge in [-0.25, -0.2) is 31.6 Å². The zero-order valence-corrected chi connectivity index (χ0v) is 40.4. The summed E-state index contributed by atoms with van der Waals surface area (Å²) in [5, 5.41) is 34.1. The molecule has 16 nitrogen and oxygen atoms in total. The predicted octanol–water partition coefficient (Wildman–Crippen LogP) is 3.57. The van der Waals surface area contributed by atoms with Gasteiger partial charge in [-0.3, -0.25) is 18.9 Å². The number of hydrogen-bond donors (Lipinski definition) is 4. The largest absolute Gasteiger partial charge is 1.00 e. The van der Waals surface area contributed by atoms with E-state index in [0.717, 1.165) is 43.3 Å². The Morgan fingerprint density at radius 3 is 2.52 bits per heavy atom. The molecule has 65 heavy (non-hydrogen) atoms.